The molecule has 0 aromatic heterocycles. The summed E-state index contributed by atoms with van der Waals surface area (Å²) in [6.45, 7) is 6.47. The highest BCUT2D eigenvalue weighted by Gasteiger charge is 2.24. The van der Waals surface area contributed by atoms with Gasteiger partial charge in [0.05, 0.1) is 12.5 Å². The van der Waals surface area contributed by atoms with Crippen LogP contribution in [-0.4, -0.2) is 5.91 Å². The highest BCUT2D eigenvalue weighted by molar-refractivity contribution is 5.92. The minimum atomic E-state index is 0.139. The topological polar surface area (TPSA) is 52.9 Å². The molecule has 1 saturated carbocycles. The Balaban J connectivity index is 0.000000745. The van der Waals surface area contributed by atoms with Crippen molar-refractivity contribution in [2.45, 2.75) is 59.3 Å². The van der Waals surface area contributed by atoms with Gasteiger partial charge in [-0.2, -0.15) is 5.26 Å². The van der Waals surface area contributed by atoms with Gasteiger partial charge in [0.25, 0.3) is 0 Å². The van der Waals surface area contributed by atoms with Crippen molar-refractivity contribution in [1.82, 2.24) is 0 Å². The lowest BCUT2D eigenvalue weighted by molar-refractivity contribution is -0.121. The quantitative estimate of drug-likeness (QED) is 0.860. The van der Waals surface area contributed by atoms with Crippen LogP contribution in [0.1, 0.15) is 58.4 Å². The van der Waals surface area contributed by atoms with Gasteiger partial charge in [0, 0.05) is 11.6 Å². The van der Waals surface area contributed by atoms with E-state index in [0.717, 1.165) is 30.5 Å². The normalized spacial score (nSPS) is 20.3. The van der Waals surface area contributed by atoms with Crippen LogP contribution in [0.4, 0.5) is 5.69 Å². The van der Waals surface area contributed by atoms with Gasteiger partial charge < -0.3 is 5.32 Å². The SMILES string of the molecule is CC1CCCC(C(=O)Nc2ccc(CC#N)cc2)C1.CCC. The molecule has 1 aromatic rings. The highest BCUT2D eigenvalue weighted by Crippen LogP contribution is 2.29. The third-order valence-corrected chi connectivity index (χ3v) is 3.81. The number of nitrogens with zero attached hydrogens (tertiary/aromatic N) is 1. The summed E-state index contributed by atoms with van der Waals surface area (Å²) in [4.78, 5) is 12.2. The van der Waals surface area contributed by atoms with E-state index in [1.165, 1.54) is 12.8 Å². The van der Waals surface area contributed by atoms with Crippen molar-refractivity contribution in [2.24, 2.45) is 11.8 Å². The molecule has 0 radical (unpaired) electrons. The monoisotopic (exact) mass is 300 g/mol. The number of amides is 1. The molecule has 2 atom stereocenters. The number of nitrogens with one attached hydrogen (secondary N) is 1. The molecule has 3 nitrogen and oxygen atoms in total. The van der Waals surface area contributed by atoms with Crippen LogP contribution < -0.4 is 5.32 Å². The molecule has 2 unspecified atom stereocenters. The molecular formula is C19H28N2O. The van der Waals surface area contributed by atoms with E-state index in [1.54, 1.807) is 0 Å². The van der Waals surface area contributed by atoms with E-state index >= 15 is 0 Å². The minimum Gasteiger partial charge on any atom is -0.326 e. The van der Waals surface area contributed by atoms with Gasteiger partial charge >= 0.3 is 0 Å². The average molecular weight is 300 g/mol. The number of hydrogen-bond donors (Lipinski definition) is 1. The predicted molar refractivity (Wildman–Crippen MR) is 91.5 cm³/mol. The molecule has 2 rings (SSSR count). The van der Waals surface area contributed by atoms with Gasteiger partial charge in [-0.15, -0.1) is 0 Å². The number of hydrogen-bond acceptors (Lipinski definition) is 2. The lowest BCUT2D eigenvalue weighted by Gasteiger charge is -2.25. The number of rotatable bonds is 3. The van der Waals surface area contributed by atoms with Gasteiger partial charge in [0.2, 0.25) is 5.91 Å². The summed E-state index contributed by atoms with van der Waals surface area (Å²) in [7, 11) is 0. The Morgan fingerprint density at radius 3 is 2.45 bits per heavy atom. The van der Waals surface area contributed by atoms with Crippen LogP contribution in [0.15, 0.2) is 24.3 Å². The number of nitriles is 1. The van der Waals surface area contributed by atoms with E-state index in [9.17, 15) is 4.79 Å². The van der Waals surface area contributed by atoms with E-state index in [-0.39, 0.29) is 11.8 Å². The first-order chi connectivity index (χ1) is 10.6. The zero-order chi connectivity index (χ0) is 16.4. The van der Waals surface area contributed by atoms with Crippen LogP contribution in [-0.2, 0) is 11.2 Å². The van der Waals surface area contributed by atoms with Crippen molar-refractivity contribution in [3.63, 3.8) is 0 Å². The molecule has 1 aliphatic carbocycles. The fourth-order valence-corrected chi connectivity index (χ4v) is 2.71. The zero-order valence-corrected chi connectivity index (χ0v) is 14.1. The Hall–Kier alpha value is -1.82. The summed E-state index contributed by atoms with van der Waals surface area (Å²) < 4.78 is 0. The molecule has 3 heteroatoms. The molecule has 1 fully saturated rings. The van der Waals surface area contributed by atoms with Crippen LogP contribution in [0, 0.1) is 23.2 Å². The van der Waals surface area contributed by atoms with Gasteiger partial charge in [-0.3, -0.25) is 4.79 Å². The molecule has 1 aliphatic rings. The lowest BCUT2D eigenvalue weighted by Crippen LogP contribution is -2.27. The van der Waals surface area contributed by atoms with Crippen molar-refractivity contribution in [1.29, 1.82) is 5.26 Å². The van der Waals surface area contributed by atoms with Gasteiger partial charge in [0.15, 0.2) is 0 Å². The largest absolute Gasteiger partial charge is 0.326 e. The molecule has 0 bridgehead atoms. The van der Waals surface area contributed by atoms with Crippen LogP contribution in [0.25, 0.3) is 0 Å². The second-order valence-electron chi connectivity index (χ2n) is 6.20. The van der Waals surface area contributed by atoms with Crippen LogP contribution >= 0.6 is 0 Å². The molecular weight excluding hydrogens is 272 g/mol. The van der Waals surface area contributed by atoms with E-state index in [0.29, 0.717) is 12.3 Å². The second-order valence-corrected chi connectivity index (χ2v) is 6.20. The third-order valence-electron chi connectivity index (χ3n) is 3.81. The maximum atomic E-state index is 12.2. The summed E-state index contributed by atoms with van der Waals surface area (Å²) in [6, 6.07) is 9.64. The van der Waals surface area contributed by atoms with Crippen molar-refractivity contribution in [3.8, 4) is 6.07 Å². The van der Waals surface area contributed by atoms with E-state index in [1.807, 2.05) is 24.3 Å². The Kier molecular flexibility index (Phi) is 8.28. The standard InChI is InChI=1S/C16H20N2O.C3H8/c1-12-3-2-4-14(11-12)16(19)18-15-7-5-13(6-8-15)9-10-17;1-3-2/h5-8,12,14H,2-4,9,11H2,1H3,(H,18,19);3H2,1-2H3. The van der Waals surface area contributed by atoms with E-state index < -0.39 is 0 Å². The second kappa shape index (κ2) is 10.00. The molecule has 0 heterocycles. The molecule has 120 valence electrons. The molecule has 1 aromatic carbocycles. The summed E-state index contributed by atoms with van der Waals surface area (Å²) in [6.07, 6.45) is 6.06. The van der Waals surface area contributed by atoms with Crippen molar-refractivity contribution in [2.75, 3.05) is 5.32 Å². The smallest absolute Gasteiger partial charge is 0.227 e. The third kappa shape index (κ3) is 6.30. The maximum absolute atomic E-state index is 12.2. The van der Waals surface area contributed by atoms with Gasteiger partial charge in [-0.05, 0) is 36.5 Å². The van der Waals surface area contributed by atoms with Crippen LogP contribution in [0.5, 0.6) is 0 Å². The Bertz CT molecular complexity index is 487. The average Bonchev–Trinajstić information content (AvgIpc) is 2.50. The summed E-state index contributed by atoms with van der Waals surface area (Å²) in [5, 5.41) is 11.6. The minimum absolute atomic E-state index is 0.139. The number of anilines is 1. The molecule has 1 N–H and O–H groups in total. The van der Waals surface area contributed by atoms with Gasteiger partial charge in [0.1, 0.15) is 0 Å². The Labute approximate surface area is 134 Å². The maximum Gasteiger partial charge on any atom is 0.227 e. The van der Waals surface area contributed by atoms with Crippen molar-refractivity contribution >= 4 is 11.6 Å². The first-order valence-electron chi connectivity index (χ1n) is 8.37. The first-order valence-corrected chi connectivity index (χ1v) is 8.37. The van der Waals surface area contributed by atoms with Crippen molar-refractivity contribution < 1.29 is 4.79 Å². The van der Waals surface area contributed by atoms with Crippen LogP contribution in [0.3, 0.4) is 0 Å². The Morgan fingerprint density at radius 1 is 1.27 bits per heavy atom. The summed E-state index contributed by atoms with van der Waals surface area (Å²) in [5.74, 6) is 0.949. The van der Waals surface area contributed by atoms with Gasteiger partial charge in [-0.1, -0.05) is 52.2 Å². The molecule has 0 saturated heterocycles. The Morgan fingerprint density at radius 2 is 1.91 bits per heavy atom. The number of carbonyl (C=O) groups is 1. The summed E-state index contributed by atoms with van der Waals surface area (Å²) in [5.41, 5.74) is 1.80. The first kappa shape index (κ1) is 18.2. The number of benzene rings is 1. The molecule has 0 spiro atoms. The van der Waals surface area contributed by atoms with E-state index in [2.05, 4.69) is 32.2 Å². The van der Waals surface area contributed by atoms with E-state index in [4.69, 9.17) is 5.26 Å². The fourth-order valence-electron chi connectivity index (χ4n) is 2.71. The highest BCUT2D eigenvalue weighted by atomic mass is 16.1. The van der Waals surface area contributed by atoms with Gasteiger partial charge in [-0.25, -0.2) is 0 Å². The molecule has 1 amide bonds. The summed E-state index contributed by atoms with van der Waals surface area (Å²) >= 11 is 0. The molecule has 22 heavy (non-hydrogen) atoms. The van der Waals surface area contributed by atoms with Crippen LogP contribution in [0.2, 0.25) is 0 Å². The fraction of sp³-hybridized carbons (Fsp3) is 0.579. The number of carbonyl (C=O) groups excluding carboxylic acids is 1. The predicted octanol–water partition coefficient (Wildman–Crippen LogP) is 4.93. The lowest BCUT2D eigenvalue weighted by atomic mass is 9.82. The zero-order valence-electron chi connectivity index (χ0n) is 14.1. The van der Waals surface area contributed by atoms with Crippen molar-refractivity contribution in [3.05, 3.63) is 29.8 Å². The molecule has 0 aliphatic heterocycles.